The summed E-state index contributed by atoms with van der Waals surface area (Å²) in [6, 6.07) is 13.5. The molecule has 1 amide bonds. The second-order valence-corrected chi connectivity index (χ2v) is 6.79. The number of rotatable bonds is 3. The lowest BCUT2D eigenvalue weighted by Gasteiger charge is -2.15. The van der Waals surface area contributed by atoms with Gasteiger partial charge < -0.3 is 4.90 Å². The number of nitrogens with zero attached hydrogens (tertiary/aromatic N) is 4. The van der Waals surface area contributed by atoms with Gasteiger partial charge in [-0.15, -0.1) is 0 Å². The second-order valence-electron chi connectivity index (χ2n) is 6.79. The summed E-state index contributed by atoms with van der Waals surface area (Å²) in [5.41, 5.74) is 2.92. The van der Waals surface area contributed by atoms with Gasteiger partial charge in [0.05, 0.1) is 26.0 Å². The molecular formula is C22H17FN4O. The van der Waals surface area contributed by atoms with Gasteiger partial charge in [0.25, 0.3) is 5.91 Å². The Balaban J connectivity index is 1.44. The maximum Gasteiger partial charge on any atom is 0.256 e. The zero-order valence-electron chi connectivity index (χ0n) is 17.1. The van der Waals surface area contributed by atoms with E-state index in [4.69, 9.17) is 2.74 Å². The molecule has 0 aliphatic carbocycles. The van der Waals surface area contributed by atoms with E-state index >= 15 is 0 Å². The molecule has 0 bridgehead atoms. The number of carbonyl (C=O) groups is 1. The number of carbonyl (C=O) groups excluding carboxylic acids is 1. The third-order valence-corrected chi connectivity index (χ3v) is 4.84. The molecule has 0 N–H and O–H groups in total. The molecule has 138 valence electrons. The molecule has 28 heavy (non-hydrogen) atoms. The minimum atomic E-state index is -1.98. The number of hydrogen-bond acceptors (Lipinski definition) is 3. The van der Waals surface area contributed by atoms with E-state index in [2.05, 4.69) is 10.1 Å². The Kier molecular flexibility index (Phi) is 3.25. The van der Waals surface area contributed by atoms with Crippen molar-refractivity contribution in [2.75, 3.05) is 0 Å². The molecule has 2 aromatic carbocycles. The Hall–Kier alpha value is -3.54. The lowest BCUT2D eigenvalue weighted by Crippen LogP contribution is -2.23. The van der Waals surface area contributed by atoms with Crippen molar-refractivity contribution in [1.82, 2.24) is 19.7 Å². The molecule has 6 heteroatoms. The predicted molar refractivity (Wildman–Crippen MR) is 104 cm³/mol. The van der Waals surface area contributed by atoms with E-state index in [0.29, 0.717) is 16.6 Å². The minimum Gasteiger partial charge on any atom is -0.328 e. The molecule has 5 nitrogen and oxygen atoms in total. The van der Waals surface area contributed by atoms with Crippen LogP contribution in [0.4, 0.5) is 4.39 Å². The molecule has 0 unspecified atom stereocenters. The van der Waals surface area contributed by atoms with E-state index < -0.39 is 6.50 Å². The Morgan fingerprint density at radius 3 is 2.79 bits per heavy atom. The first-order chi connectivity index (χ1) is 14.3. The molecule has 5 rings (SSSR count). The van der Waals surface area contributed by atoms with Crippen molar-refractivity contribution in [2.24, 2.45) is 7.05 Å². The number of aromatic nitrogens is 3. The summed E-state index contributed by atoms with van der Waals surface area (Å²) in [6.45, 7) is -1.89. The van der Waals surface area contributed by atoms with Gasteiger partial charge in [-0.1, -0.05) is 24.3 Å². The van der Waals surface area contributed by atoms with Gasteiger partial charge in [-0.2, -0.15) is 5.10 Å². The fraction of sp³-hybridized carbons (Fsp3) is 0.136. The number of pyridine rings is 1. The lowest BCUT2D eigenvalue weighted by molar-refractivity contribution is 0.0766. The van der Waals surface area contributed by atoms with E-state index in [-0.39, 0.29) is 29.5 Å². The molecule has 3 heterocycles. The maximum atomic E-state index is 14.6. The SMILES string of the molecule is [2H]C1([2H])c2ncccc2C(=O)N1Cc1ccc(-c2cc3cn(C)nc3cc2F)cc1. The monoisotopic (exact) mass is 374 g/mol. The van der Waals surface area contributed by atoms with Crippen LogP contribution in [0.5, 0.6) is 0 Å². The zero-order valence-corrected chi connectivity index (χ0v) is 15.1. The molecule has 0 radical (unpaired) electrons. The van der Waals surface area contributed by atoms with Gasteiger partial charge in [-0.05, 0) is 29.3 Å². The summed E-state index contributed by atoms with van der Waals surface area (Å²) in [5.74, 6) is -0.748. The van der Waals surface area contributed by atoms with Gasteiger partial charge in [0.1, 0.15) is 5.82 Å². The number of fused-ring (bicyclic) bond motifs is 2. The average molecular weight is 374 g/mol. The topological polar surface area (TPSA) is 51.0 Å². The van der Waals surface area contributed by atoms with Crippen molar-refractivity contribution in [3.63, 3.8) is 0 Å². The van der Waals surface area contributed by atoms with Crippen molar-refractivity contribution < 1.29 is 11.9 Å². The number of hydrogen-bond donors (Lipinski definition) is 0. The second kappa shape index (κ2) is 6.27. The van der Waals surface area contributed by atoms with Gasteiger partial charge in [0.2, 0.25) is 0 Å². The molecule has 2 aromatic heterocycles. The van der Waals surface area contributed by atoms with Gasteiger partial charge in [-0.3, -0.25) is 14.5 Å². The predicted octanol–water partition coefficient (Wildman–Crippen LogP) is 3.93. The molecule has 0 saturated carbocycles. The van der Waals surface area contributed by atoms with Crippen LogP contribution in [0.3, 0.4) is 0 Å². The van der Waals surface area contributed by atoms with Crippen LogP contribution in [0.1, 0.15) is 24.4 Å². The largest absolute Gasteiger partial charge is 0.328 e. The quantitative estimate of drug-likeness (QED) is 0.546. The molecule has 0 saturated heterocycles. The minimum absolute atomic E-state index is 0.0899. The Morgan fingerprint density at radius 1 is 1.18 bits per heavy atom. The fourth-order valence-corrected chi connectivity index (χ4v) is 3.47. The summed E-state index contributed by atoms with van der Waals surface area (Å²) >= 11 is 0. The first-order valence-corrected chi connectivity index (χ1v) is 8.84. The molecule has 0 fully saturated rings. The summed E-state index contributed by atoms with van der Waals surface area (Å²) in [5, 5.41) is 5.06. The highest BCUT2D eigenvalue weighted by Crippen LogP contribution is 2.28. The fourth-order valence-electron chi connectivity index (χ4n) is 3.47. The molecular weight excluding hydrogens is 355 g/mol. The normalized spacial score (nSPS) is 16.2. The van der Waals surface area contributed by atoms with Crippen LogP contribution in [0.25, 0.3) is 22.0 Å². The zero-order chi connectivity index (χ0) is 21.0. The Labute approximate surface area is 163 Å². The van der Waals surface area contributed by atoms with Gasteiger partial charge in [-0.25, -0.2) is 4.39 Å². The van der Waals surface area contributed by atoms with Crippen molar-refractivity contribution >= 4 is 16.8 Å². The highest BCUT2D eigenvalue weighted by Gasteiger charge is 2.27. The summed E-state index contributed by atoms with van der Waals surface area (Å²) < 4.78 is 32.9. The Morgan fingerprint density at radius 2 is 2.00 bits per heavy atom. The van der Waals surface area contributed by atoms with E-state index in [1.165, 1.54) is 17.2 Å². The van der Waals surface area contributed by atoms with Crippen LogP contribution >= 0.6 is 0 Å². The van der Waals surface area contributed by atoms with Crippen LogP contribution < -0.4 is 0 Å². The number of aryl methyl sites for hydroxylation is 1. The van der Waals surface area contributed by atoms with Crippen LogP contribution in [0.15, 0.2) is 60.9 Å². The third-order valence-electron chi connectivity index (χ3n) is 4.84. The smallest absolute Gasteiger partial charge is 0.256 e. The molecule has 1 aliphatic heterocycles. The van der Waals surface area contributed by atoms with E-state index in [1.807, 2.05) is 6.20 Å². The van der Waals surface area contributed by atoms with Crippen molar-refractivity contribution in [1.29, 1.82) is 0 Å². The van der Waals surface area contributed by atoms with Crippen LogP contribution in [-0.4, -0.2) is 25.6 Å². The van der Waals surface area contributed by atoms with Gasteiger partial charge in [0.15, 0.2) is 0 Å². The number of halogens is 1. The summed E-state index contributed by atoms with van der Waals surface area (Å²) in [4.78, 5) is 17.9. The van der Waals surface area contributed by atoms with Crippen LogP contribution in [0.2, 0.25) is 0 Å². The molecule has 0 atom stereocenters. The van der Waals surface area contributed by atoms with Crippen LogP contribution in [0, 0.1) is 5.82 Å². The number of amides is 1. The summed E-state index contributed by atoms with van der Waals surface area (Å²) in [6.07, 6.45) is 3.31. The van der Waals surface area contributed by atoms with Crippen molar-refractivity contribution in [2.45, 2.75) is 13.0 Å². The van der Waals surface area contributed by atoms with Gasteiger partial charge in [0, 0.05) is 43.0 Å². The average Bonchev–Trinajstić information content (AvgIpc) is 3.18. The van der Waals surface area contributed by atoms with E-state index in [1.54, 1.807) is 54.2 Å². The molecule has 1 aliphatic rings. The third kappa shape index (κ3) is 2.74. The summed E-state index contributed by atoms with van der Waals surface area (Å²) in [7, 11) is 1.79. The number of benzene rings is 2. The highest BCUT2D eigenvalue weighted by molar-refractivity contribution is 5.97. The molecule has 4 aromatic rings. The maximum absolute atomic E-state index is 14.6. The van der Waals surface area contributed by atoms with Crippen molar-refractivity contribution in [3.05, 3.63) is 83.6 Å². The van der Waals surface area contributed by atoms with Crippen LogP contribution in [-0.2, 0) is 20.1 Å². The standard InChI is InChI=1S/C22H17FN4O/c1-26-12-16-9-18(19(23)10-20(16)25-26)15-6-4-14(5-7-15)11-27-13-21-17(22(27)28)3-2-8-24-21/h2-10,12H,11,13H2,1H3/i13D2. The lowest BCUT2D eigenvalue weighted by atomic mass is 10.0. The Bertz CT molecular complexity index is 1300. The van der Waals surface area contributed by atoms with E-state index in [0.717, 1.165) is 10.9 Å². The van der Waals surface area contributed by atoms with E-state index in [9.17, 15) is 9.18 Å². The van der Waals surface area contributed by atoms with Crippen molar-refractivity contribution in [3.8, 4) is 11.1 Å². The highest BCUT2D eigenvalue weighted by atomic mass is 19.1. The molecule has 0 spiro atoms. The first kappa shape index (κ1) is 14.5. The first-order valence-electron chi connectivity index (χ1n) is 9.84. The van der Waals surface area contributed by atoms with Gasteiger partial charge >= 0.3 is 0 Å².